The molecule has 0 aliphatic carbocycles. The van der Waals surface area contributed by atoms with Gasteiger partial charge in [-0.05, 0) is 24.5 Å². The van der Waals surface area contributed by atoms with Gasteiger partial charge in [0.15, 0.2) is 5.13 Å². The van der Waals surface area contributed by atoms with Crippen molar-refractivity contribution in [2.75, 3.05) is 23.9 Å². The van der Waals surface area contributed by atoms with E-state index in [1.807, 2.05) is 30.0 Å². The second-order valence-corrected chi connectivity index (χ2v) is 5.50. The van der Waals surface area contributed by atoms with Gasteiger partial charge in [0.2, 0.25) is 0 Å². The van der Waals surface area contributed by atoms with Crippen LogP contribution in [0.1, 0.15) is 0 Å². The van der Waals surface area contributed by atoms with E-state index < -0.39 is 0 Å². The lowest BCUT2D eigenvalue weighted by atomic mass is 10.3. The van der Waals surface area contributed by atoms with Crippen LogP contribution in [0.25, 0.3) is 10.2 Å². The van der Waals surface area contributed by atoms with E-state index in [1.54, 1.807) is 11.3 Å². The van der Waals surface area contributed by atoms with Gasteiger partial charge >= 0.3 is 0 Å². The Kier molecular flexibility index (Phi) is 3.72. The molecule has 0 fully saturated rings. The molecule has 0 spiro atoms. The molecular formula is C10H11ClN2S2. The molecule has 0 radical (unpaired) electrons. The summed E-state index contributed by atoms with van der Waals surface area (Å²) in [6.07, 6.45) is 2.10. The highest BCUT2D eigenvalue weighted by molar-refractivity contribution is 7.98. The maximum atomic E-state index is 5.90. The van der Waals surface area contributed by atoms with E-state index >= 15 is 0 Å². The fourth-order valence-corrected chi connectivity index (χ4v) is 2.58. The van der Waals surface area contributed by atoms with Crippen molar-refractivity contribution in [3.05, 3.63) is 23.2 Å². The Balaban J connectivity index is 2.16. The third kappa shape index (κ3) is 2.77. The number of benzene rings is 1. The maximum absolute atomic E-state index is 5.90. The fraction of sp³-hybridized carbons (Fsp3) is 0.300. The van der Waals surface area contributed by atoms with Crippen LogP contribution in [-0.2, 0) is 0 Å². The minimum absolute atomic E-state index is 0.739. The molecule has 80 valence electrons. The normalized spacial score (nSPS) is 10.8. The van der Waals surface area contributed by atoms with Gasteiger partial charge in [0.25, 0.3) is 0 Å². The molecule has 0 saturated carbocycles. The molecule has 2 nitrogen and oxygen atoms in total. The van der Waals surface area contributed by atoms with Crippen molar-refractivity contribution < 1.29 is 0 Å². The molecule has 0 unspecified atom stereocenters. The fourth-order valence-electron chi connectivity index (χ4n) is 1.24. The number of halogens is 1. The standard InChI is InChI=1S/C10H11ClN2S2/c1-14-5-4-12-10-13-8-6-7(11)2-3-9(8)15-10/h2-3,6H,4-5H2,1H3,(H,12,13). The van der Waals surface area contributed by atoms with Gasteiger partial charge < -0.3 is 5.32 Å². The molecule has 1 aromatic heterocycles. The number of thioether (sulfide) groups is 1. The Morgan fingerprint density at radius 2 is 2.40 bits per heavy atom. The van der Waals surface area contributed by atoms with Gasteiger partial charge in [-0.1, -0.05) is 22.9 Å². The minimum Gasteiger partial charge on any atom is -0.361 e. The Morgan fingerprint density at radius 1 is 1.53 bits per heavy atom. The van der Waals surface area contributed by atoms with Gasteiger partial charge in [-0.25, -0.2) is 4.98 Å². The second kappa shape index (κ2) is 5.05. The third-order valence-electron chi connectivity index (χ3n) is 1.93. The van der Waals surface area contributed by atoms with Gasteiger partial charge in [0.1, 0.15) is 0 Å². The summed E-state index contributed by atoms with van der Waals surface area (Å²) >= 11 is 9.39. The van der Waals surface area contributed by atoms with Crippen molar-refractivity contribution in [3.63, 3.8) is 0 Å². The number of anilines is 1. The minimum atomic E-state index is 0.739. The van der Waals surface area contributed by atoms with Crippen LogP contribution in [0.15, 0.2) is 18.2 Å². The SMILES string of the molecule is CSCCNc1nc2cc(Cl)ccc2s1. The smallest absolute Gasteiger partial charge is 0.183 e. The zero-order chi connectivity index (χ0) is 10.7. The van der Waals surface area contributed by atoms with Crippen LogP contribution in [0.5, 0.6) is 0 Å². The topological polar surface area (TPSA) is 24.9 Å². The summed E-state index contributed by atoms with van der Waals surface area (Å²) in [5, 5.41) is 5.01. The monoisotopic (exact) mass is 258 g/mol. The number of fused-ring (bicyclic) bond motifs is 1. The molecular weight excluding hydrogens is 248 g/mol. The first-order valence-electron chi connectivity index (χ1n) is 4.58. The first kappa shape index (κ1) is 11.0. The van der Waals surface area contributed by atoms with Gasteiger partial charge in [-0.15, -0.1) is 0 Å². The van der Waals surface area contributed by atoms with Crippen molar-refractivity contribution >= 4 is 50.0 Å². The van der Waals surface area contributed by atoms with Crippen molar-refractivity contribution in [2.45, 2.75) is 0 Å². The van der Waals surface area contributed by atoms with Gasteiger partial charge in [-0.2, -0.15) is 11.8 Å². The van der Waals surface area contributed by atoms with E-state index in [0.717, 1.165) is 28.0 Å². The molecule has 1 N–H and O–H groups in total. The third-order valence-corrected chi connectivity index (χ3v) is 3.77. The van der Waals surface area contributed by atoms with E-state index in [9.17, 15) is 0 Å². The number of nitrogens with zero attached hydrogens (tertiary/aromatic N) is 1. The molecule has 15 heavy (non-hydrogen) atoms. The van der Waals surface area contributed by atoms with E-state index in [-0.39, 0.29) is 0 Å². The van der Waals surface area contributed by atoms with Crippen molar-refractivity contribution in [1.82, 2.24) is 4.98 Å². The van der Waals surface area contributed by atoms with E-state index in [4.69, 9.17) is 11.6 Å². The molecule has 0 aliphatic heterocycles. The zero-order valence-electron chi connectivity index (χ0n) is 8.29. The molecule has 5 heteroatoms. The van der Waals surface area contributed by atoms with Crippen LogP contribution < -0.4 is 5.32 Å². The Hall–Kier alpha value is -0.450. The van der Waals surface area contributed by atoms with E-state index in [0.29, 0.717) is 0 Å². The highest BCUT2D eigenvalue weighted by Gasteiger charge is 2.02. The van der Waals surface area contributed by atoms with Crippen molar-refractivity contribution in [2.24, 2.45) is 0 Å². The van der Waals surface area contributed by atoms with E-state index in [2.05, 4.69) is 16.6 Å². The lowest BCUT2D eigenvalue weighted by molar-refractivity contribution is 1.21. The van der Waals surface area contributed by atoms with Gasteiger partial charge in [-0.3, -0.25) is 0 Å². The van der Waals surface area contributed by atoms with Crippen molar-refractivity contribution in [3.8, 4) is 0 Å². The largest absolute Gasteiger partial charge is 0.361 e. The number of hydrogen-bond acceptors (Lipinski definition) is 4. The molecule has 0 aliphatic rings. The van der Waals surface area contributed by atoms with Crippen LogP contribution >= 0.6 is 34.7 Å². The molecule has 2 aromatic rings. The second-order valence-electron chi connectivity index (χ2n) is 3.05. The van der Waals surface area contributed by atoms with Gasteiger partial charge in [0.05, 0.1) is 10.2 Å². The lowest BCUT2D eigenvalue weighted by Gasteiger charge is -1.98. The molecule has 2 rings (SSSR count). The lowest BCUT2D eigenvalue weighted by Crippen LogP contribution is -2.02. The number of rotatable bonds is 4. The first-order valence-corrected chi connectivity index (χ1v) is 7.17. The Morgan fingerprint density at radius 3 is 3.20 bits per heavy atom. The average Bonchev–Trinajstić information content (AvgIpc) is 2.60. The average molecular weight is 259 g/mol. The summed E-state index contributed by atoms with van der Waals surface area (Å²) in [5.41, 5.74) is 0.971. The Labute approximate surface area is 102 Å². The van der Waals surface area contributed by atoms with E-state index in [1.165, 1.54) is 4.70 Å². The zero-order valence-corrected chi connectivity index (χ0v) is 10.7. The number of nitrogens with one attached hydrogen (secondary N) is 1. The maximum Gasteiger partial charge on any atom is 0.183 e. The summed E-state index contributed by atoms with van der Waals surface area (Å²) in [4.78, 5) is 4.46. The summed E-state index contributed by atoms with van der Waals surface area (Å²) in [7, 11) is 0. The van der Waals surface area contributed by atoms with Crippen LogP contribution in [-0.4, -0.2) is 23.5 Å². The summed E-state index contributed by atoms with van der Waals surface area (Å²) in [6, 6.07) is 5.80. The summed E-state index contributed by atoms with van der Waals surface area (Å²) in [6.45, 7) is 0.953. The van der Waals surface area contributed by atoms with Crippen LogP contribution in [0, 0.1) is 0 Å². The van der Waals surface area contributed by atoms with Crippen LogP contribution in [0.3, 0.4) is 0 Å². The molecule has 1 heterocycles. The molecule has 0 amide bonds. The highest BCUT2D eigenvalue weighted by atomic mass is 35.5. The molecule has 1 aromatic carbocycles. The van der Waals surface area contributed by atoms with Crippen LogP contribution in [0.4, 0.5) is 5.13 Å². The molecule has 0 saturated heterocycles. The summed E-state index contributed by atoms with van der Waals surface area (Å²) in [5.74, 6) is 1.09. The predicted octanol–water partition coefficient (Wildman–Crippen LogP) is 3.72. The summed E-state index contributed by atoms with van der Waals surface area (Å²) < 4.78 is 1.17. The number of hydrogen-bond donors (Lipinski definition) is 1. The predicted molar refractivity (Wildman–Crippen MR) is 71.5 cm³/mol. The first-order chi connectivity index (χ1) is 7.29. The quantitative estimate of drug-likeness (QED) is 0.846. The molecule has 0 atom stereocenters. The number of aromatic nitrogens is 1. The van der Waals surface area contributed by atoms with Gasteiger partial charge in [0, 0.05) is 17.3 Å². The molecule has 0 bridgehead atoms. The number of thiazole rings is 1. The Bertz CT molecular complexity index is 456. The van der Waals surface area contributed by atoms with Crippen LogP contribution in [0.2, 0.25) is 5.02 Å². The highest BCUT2D eigenvalue weighted by Crippen LogP contribution is 2.27. The van der Waals surface area contributed by atoms with Crippen molar-refractivity contribution in [1.29, 1.82) is 0 Å².